The monoisotopic (exact) mass is 361 g/mol. The van der Waals surface area contributed by atoms with Gasteiger partial charge >= 0.3 is 0 Å². The largest absolute Gasteiger partial charge is 0.382 e. The molecule has 0 aliphatic carbocycles. The fourth-order valence-corrected chi connectivity index (χ4v) is 3.28. The van der Waals surface area contributed by atoms with Gasteiger partial charge in [-0.25, -0.2) is 10.8 Å². The number of aryl methyl sites for hydroxylation is 1. The fraction of sp³-hybridized carbons (Fsp3) is 0.684. The third-order valence-corrected chi connectivity index (χ3v) is 4.75. The van der Waals surface area contributed by atoms with E-state index in [0.29, 0.717) is 12.4 Å². The summed E-state index contributed by atoms with van der Waals surface area (Å²) in [6.07, 6.45) is 16.6. The number of hydrazine groups is 2. The lowest BCUT2D eigenvalue weighted by Crippen LogP contribution is -2.46. The molecule has 0 bridgehead atoms. The normalized spacial score (nSPS) is 14.6. The van der Waals surface area contributed by atoms with Crippen LogP contribution in [0.3, 0.4) is 0 Å². The SMILES string of the molecule is CCCCCCCCCCCc1ncc(C2=CC(N)=NN(N)N2CC)[nH]1. The molecule has 26 heavy (non-hydrogen) atoms. The third kappa shape index (κ3) is 6.05. The van der Waals surface area contributed by atoms with Crippen molar-refractivity contribution in [3.8, 4) is 0 Å². The van der Waals surface area contributed by atoms with E-state index in [1.165, 1.54) is 63.0 Å². The van der Waals surface area contributed by atoms with Gasteiger partial charge in [-0.05, 0) is 13.3 Å². The van der Waals surface area contributed by atoms with Crippen LogP contribution in [0.25, 0.3) is 5.70 Å². The summed E-state index contributed by atoms with van der Waals surface area (Å²) < 4.78 is 0. The van der Waals surface area contributed by atoms with E-state index in [0.717, 1.165) is 23.6 Å². The van der Waals surface area contributed by atoms with Gasteiger partial charge in [0.15, 0.2) is 0 Å². The molecule has 0 amide bonds. The molecular formula is C19H35N7. The number of aromatic nitrogens is 2. The van der Waals surface area contributed by atoms with Crippen molar-refractivity contribution >= 4 is 11.5 Å². The third-order valence-electron chi connectivity index (χ3n) is 4.75. The number of aromatic amines is 1. The number of unbranched alkanes of at least 4 members (excludes halogenated alkanes) is 8. The molecule has 0 radical (unpaired) electrons. The Morgan fingerprint density at radius 2 is 1.65 bits per heavy atom. The lowest BCUT2D eigenvalue weighted by molar-refractivity contribution is 0.0379. The molecule has 0 fully saturated rings. The second kappa shape index (κ2) is 10.9. The summed E-state index contributed by atoms with van der Waals surface area (Å²) >= 11 is 0. The summed E-state index contributed by atoms with van der Waals surface area (Å²) in [6.45, 7) is 4.98. The Bertz CT molecular complexity index is 590. The number of imidazole rings is 1. The average molecular weight is 362 g/mol. The zero-order valence-corrected chi connectivity index (χ0v) is 16.4. The Balaban J connectivity index is 1.73. The topological polar surface area (TPSA) is 99.6 Å². The maximum Gasteiger partial charge on any atom is 0.149 e. The zero-order valence-electron chi connectivity index (χ0n) is 16.4. The Morgan fingerprint density at radius 1 is 1.00 bits per heavy atom. The minimum absolute atomic E-state index is 0.391. The van der Waals surface area contributed by atoms with E-state index in [4.69, 9.17) is 11.6 Å². The number of hydrazone groups is 1. The predicted octanol–water partition coefficient (Wildman–Crippen LogP) is 3.52. The van der Waals surface area contributed by atoms with Crippen LogP contribution in [0.4, 0.5) is 0 Å². The quantitative estimate of drug-likeness (QED) is 0.391. The highest BCUT2D eigenvalue weighted by Crippen LogP contribution is 2.21. The summed E-state index contributed by atoms with van der Waals surface area (Å²) in [4.78, 5) is 7.91. The highest BCUT2D eigenvalue weighted by molar-refractivity contribution is 5.98. The molecule has 1 aromatic rings. The van der Waals surface area contributed by atoms with Crippen molar-refractivity contribution in [2.45, 2.75) is 78.1 Å². The van der Waals surface area contributed by atoms with Crippen LogP contribution in [0.2, 0.25) is 0 Å². The molecule has 0 saturated heterocycles. The number of nitrogens with one attached hydrogen (secondary N) is 1. The summed E-state index contributed by atoms with van der Waals surface area (Å²) in [5.74, 6) is 7.31. The Morgan fingerprint density at radius 3 is 2.31 bits per heavy atom. The Labute approximate surface area is 157 Å². The molecule has 1 aromatic heterocycles. The van der Waals surface area contributed by atoms with E-state index in [9.17, 15) is 0 Å². The van der Waals surface area contributed by atoms with Gasteiger partial charge < -0.3 is 10.7 Å². The molecule has 1 aliphatic heterocycles. The molecular weight excluding hydrogens is 326 g/mol. The van der Waals surface area contributed by atoms with Crippen molar-refractivity contribution in [2.75, 3.05) is 6.54 Å². The number of amidine groups is 1. The minimum Gasteiger partial charge on any atom is -0.382 e. The molecule has 0 unspecified atom stereocenters. The van der Waals surface area contributed by atoms with Gasteiger partial charge in [0.25, 0.3) is 0 Å². The predicted molar refractivity (Wildman–Crippen MR) is 108 cm³/mol. The molecule has 7 nitrogen and oxygen atoms in total. The maximum atomic E-state index is 5.90. The van der Waals surface area contributed by atoms with Crippen LogP contribution < -0.4 is 11.6 Å². The molecule has 0 atom stereocenters. The van der Waals surface area contributed by atoms with E-state index in [1.54, 1.807) is 0 Å². The summed E-state index contributed by atoms with van der Waals surface area (Å²) in [5.41, 5.74) is 7.65. The second-order valence-electron chi connectivity index (χ2n) is 6.91. The molecule has 146 valence electrons. The molecule has 1 aliphatic rings. The van der Waals surface area contributed by atoms with Gasteiger partial charge in [0.1, 0.15) is 11.7 Å². The number of H-pyrrole nitrogens is 1. The molecule has 5 N–H and O–H groups in total. The van der Waals surface area contributed by atoms with Gasteiger partial charge in [-0.15, -0.1) is 10.3 Å². The number of nitrogens with two attached hydrogens (primary N) is 2. The second-order valence-corrected chi connectivity index (χ2v) is 6.91. The molecule has 2 rings (SSSR count). The fourth-order valence-electron chi connectivity index (χ4n) is 3.28. The van der Waals surface area contributed by atoms with Gasteiger partial charge in [-0.1, -0.05) is 58.3 Å². The van der Waals surface area contributed by atoms with E-state index < -0.39 is 0 Å². The Kier molecular flexibility index (Phi) is 8.47. The number of hydrogen-bond acceptors (Lipinski definition) is 6. The highest BCUT2D eigenvalue weighted by atomic mass is 15.9. The average Bonchev–Trinajstić information content (AvgIpc) is 3.08. The molecule has 2 heterocycles. The van der Waals surface area contributed by atoms with Crippen LogP contribution in [-0.4, -0.2) is 32.6 Å². The summed E-state index contributed by atoms with van der Waals surface area (Å²) in [5, 5.41) is 7.18. The van der Waals surface area contributed by atoms with E-state index in [-0.39, 0.29) is 0 Å². The molecule has 0 saturated carbocycles. The number of nitrogens with zero attached hydrogens (tertiary/aromatic N) is 4. The summed E-state index contributed by atoms with van der Waals surface area (Å²) in [7, 11) is 0. The highest BCUT2D eigenvalue weighted by Gasteiger charge is 2.21. The lowest BCUT2D eigenvalue weighted by Gasteiger charge is -2.33. The van der Waals surface area contributed by atoms with Crippen molar-refractivity contribution in [3.05, 3.63) is 23.8 Å². The van der Waals surface area contributed by atoms with Crippen molar-refractivity contribution in [3.63, 3.8) is 0 Å². The maximum absolute atomic E-state index is 5.90. The number of rotatable bonds is 12. The minimum atomic E-state index is 0.391. The Hall–Kier alpha value is -2.02. The first-order valence-electron chi connectivity index (χ1n) is 10.1. The van der Waals surface area contributed by atoms with Crippen LogP contribution in [0, 0.1) is 0 Å². The molecule has 7 heteroatoms. The van der Waals surface area contributed by atoms with Crippen LogP contribution in [0.5, 0.6) is 0 Å². The van der Waals surface area contributed by atoms with Crippen LogP contribution >= 0.6 is 0 Å². The van der Waals surface area contributed by atoms with Crippen LogP contribution in [-0.2, 0) is 6.42 Å². The van der Waals surface area contributed by atoms with Gasteiger partial charge in [-0.2, -0.15) is 0 Å². The van der Waals surface area contributed by atoms with Gasteiger partial charge in [-0.3, -0.25) is 5.01 Å². The lowest BCUT2D eigenvalue weighted by atomic mass is 10.1. The van der Waals surface area contributed by atoms with Crippen LogP contribution in [0.15, 0.2) is 17.4 Å². The number of hydrogen-bond donors (Lipinski definition) is 3. The van der Waals surface area contributed by atoms with Gasteiger partial charge in [0, 0.05) is 19.0 Å². The first-order chi connectivity index (χ1) is 12.7. The van der Waals surface area contributed by atoms with Gasteiger partial charge in [0.05, 0.1) is 17.6 Å². The molecule has 0 spiro atoms. The zero-order chi connectivity index (χ0) is 18.8. The first-order valence-corrected chi connectivity index (χ1v) is 10.1. The van der Waals surface area contributed by atoms with Crippen molar-refractivity contribution < 1.29 is 0 Å². The van der Waals surface area contributed by atoms with Crippen molar-refractivity contribution in [1.29, 1.82) is 0 Å². The van der Waals surface area contributed by atoms with E-state index in [1.807, 2.05) is 24.2 Å². The summed E-state index contributed by atoms with van der Waals surface area (Å²) in [6, 6.07) is 0. The van der Waals surface area contributed by atoms with E-state index >= 15 is 0 Å². The van der Waals surface area contributed by atoms with E-state index in [2.05, 4.69) is 22.0 Å². The van der Waals surface area contributed by atoms with Crippen molar-refractivity contribution in [2.24, 2.45) is 16.7 Å². The smallest absolute Gasteiger partial charge is 0.149 e. The van der Waals surface area contributed by atoms with Crippen LogP contribution in [0.1, 0.15) is 83.2 Å². The van der Waals surface area contributed by atoms with Gasteiger partial charge in [0.2, 0.25) is 0 Å². The molecule has 0 aromatic carbocycles. The first kappa shape index (κ1) is 20.3. The standard InChI is InChI=1S/C19H35N7/c1-3-5-6-7-8-9-10-11-12-13-19-22-15-16(23-19)17-14-18(20)24-26(21)25(17)4-2/h14-15H,3-13,21H2,1-2H3,(H2,20,24)(H,22,23). The van der Waals surface area contributed by atoms with Crippen molar-refractivity contribution in [1.82, 2.24) is 20.2 Å².